The van der Waals surface area contributed by atoms with Crippen LogP contribution in [0.25, 0.3) is 6.08 Å². The first-order chi connectivity index (χ1) is 11.1. The SMILES string of the molecule is CCOC(=O)/C(=C/c1cccc(Cl)c1)CC(=O)c1ccccc1. The van der Waals surface area contributed by atoms with E-state index in [1.54, 1.807) is 55.5 Å². The molecule has 0 fully saturated rings. The number of hydrogen-bond acceptors (Lipinski definition) is 3. The Morgan fingerprint density at radius 2 is 1.83 bits per heavy atom. The van der Waals surface area contributed by atoms with Crippen LogP contribution in [0.2, 0.25) is 5.02 Å². The van der Waals surface area contributed by atoms with Crippen molar-refractivity contribution in [3.63, 3.8) is 0 Å². The predicted molar refractivity (Wildman–Crippen MR) is 91.5 cm³/mol. The molecule has 2 aromatic rings. The van der Waals surface area contributed by atoms with Crippen LogP contribution >= 0.6 is 11.6 Å². The van der Waals surface area contributed by atoms with E-state index in [0.29, 0.717) is 16.2 Å². The van der Waals surface area contributed by atoms with E-state index in [0.717, 1.165) is 5.56 Å². The van der Waals surface area contributed by atoms with Crippen LogP contribution in [-0.2, 0) is 9.53 Å². The molecule has 118 valence electrons. The van der Waals surface area contributed by atoms with Gasteiger partial charge in [0.25, 0.3) is 0 Å². The summed E-state index contributed by atoms with van der Waals surface area (Å²) in [7, 11) is 0. The lowest BCUT2D eigenvalue weighted by Gasteiger charge is -2.07. The molecular weight excluding hydrogens is 312 g/mol. The number of ketones is 1. The molecular formula is C19H17ClO3. The Morgan fingerprint density at radius 3 is 2.48 bits per heavy atom. The van der Waals surface area contributed by atoms with E-state index in [4.69, 9.17) is 16.3 Å². The van der Waals surface area contributed by atoms with Crippen molar-refractivity contribution >= 4 is 29.4 Å². The standard InChI is InChI=1S/C19H17ClO3/c1-2-23-19(22)16(11-14-7-6-10-17(20)12-14)13-18(21)15-8-4-3-5-9-15/h3-12H,2,13H2,1H3/b16-11+. The molecule has 23 heavy (non-hydrogen) atoms. The Balaban J connectivity index is 2.27. The van der Waals surface area contributed by atoms with E-state index in [2.05, 4.69) is 0 Å². The molecule has 0 saturated carbocycles. The van der Waals surface area contributed by atoms with Gasteiger partial charge in [0.2, 0.25) is 0 Å². The Hall–Kier alpha value is -2.39. The van der Waals surface area contributed by atoms with E-state index in [1.165, 1.54) is 0 Å². The van der Waals surface area contributed by atoms with Gasteiger partial charge in [-0.3, -0.25) is 4.79 Å². The smallest absolute Gasteiger partial charge is 0.334 e. The van der Waals surface area contributed by atoms with Crippen molar-refractivity contribution in [1.29, 1.82) is 0 Å². The lowest BCUT2D eigenvalue weighted by molar-refractivity contribution is -0.138. The minimum absolute atomic E-state index is 0.0185. The summed E-state index contributed by atoms with van der Waals surface area (Å²) >= 11 is 5.96. The van der Waals surface area contributed by atoms with E-state index in [-0.39, 0.29) is 18.8 Å². The predicted octanol–water partition coefficient (Wildman–Crippen LogP) is 4.56. The van der Waals surface area contributed by atoms with E-state index < -0.39 is 5.97 Å². The molecule has 0 bridgehead atoms. The molecule has 0 atom stereocenters. The summed E-state index contributed by atoms with van der Waals surface area (Å²) in [4.78, 5) is 24.5. The number of rotatable bonds is 6. The highest BCUT2D eigenvalue weighted by molar-refractivity contribution is 6.30. The second kappa shape index (κ2) is 8.30. The molecule has 2 aromatic carbocycles. The van der Waals surface area contributed by atoms with Crippen LogP contribution in [0.4, 0.5) is 0 Å². The van der Waals surface area contributed by atoms with Crippen LogP contribution in [0.1, 0.15) is 29.3 Å². The first-order valence-electron chi connectivity index (χ1n) is 7.31. The Kier molecular flexibility index (Phi) is 6.12. The fraction of sp³-hybridized carbons (Fsp3) is 0.158. The Labute approximate surface area is 140 Å². The minimum atomic E-state index is -0.489. The van der Waals surface area contributed by atoms with Crippen molar-refractivity contribution in [1.82, 2.24) is 0 Å². The van der Waals surface area contributed by atoms with Gasteiger partial charge < -0.3 is 4.74 Å². The van der Waals surface area contributed by atoms with Crippen molar-refractivity contribution in [2.45, 2.75) is 13.3 Å². The molecule has 0 spiro atoms. The third-order valence-corrected chi connectivity index (χ3v) is 3.41. The van der Waals surface area contributed by atoms with Gasteiger partial charge in [-0.05, 0) is 30.7 Å². The maximum absolute atomic E-state index is 12.3. The highest BCUT2D eigenvalue weighted by atomic mass is 35.5. The van der Waals surface area contributed by atoms with Gasteiger partial charge in [0, 0.05) is 22.6 Å². The van der Waals surface area contributed by atoms with Crippen LogP contribution in [-0.4, -0.2) is 18.4 Å². The van der Waals surface area contributed by atoms with Gasteiger partial charge in [0.05, 0.1) is 6.61 Å². The average molecular weight is 329 g/mol. The fourth-order valence-electron chi connectivity index (χ4n) is 2.10. The summed E-state index contributed by atoms with van der Waals surface area (Å²) in [6, 6.07) is 16.0. The van der Waals surface area contributed by atoms with Crippen LogP contribution < -0.4 is 0 Å². The van der Waals surface area contributed by atoms with E-state index in [9.17, 15) is 9.59 Å². The van der Waals surface area contributed by atoms with Crippen molar-refractivity contribution in [2.75, 3.05) is 6.61 Å². The van der Waals surface area contributed by atoms with Crippen molar-refractivity contribution in [2.24, 2.45) is 0 Å². The second-order valence-electron chi connectivity index (χ2n) is 4.91. The van der Waals surface area contributed by atoms with Gasteiger partial charge in [-0.1, -0.05) is 54.1 Å². The average Bonchev–Trinajstić information content (AvgIpc) is 2.55. The third-order valence-electron chi connectivity index (χ3n) is 3.17. The molecule has 0 amide bonds. The monoisotopic (exact) mass is 328 g/mol. The minimum Gasteiger partial charge on any atom is -0.463 e. The number of ether oxygens (including phenoxy) is 1. The molecule has 2 rings (SSSR count). The normalized spacial score (nSPS) is 11.1. The maximum Gasteiger partial charge on any atom is 0.334 e. The summed E-state index contributed by atoms with van der Waals surface area (Å²) in [5.74, 6) is -0.622. The molecule has 0 aliphatic heterocycles. The molecule has 0 heterocycles. The van der Waals surface area contributed by atoms with Gasteiger partial charge in [-0.15, -0.1) is 0 Å². The number of halogens is 1. The van der Waals surface area contributed by atoms with Crippen LogP contribution in [0, 0.1) is 0 Å². The van der Waals surface area contributed by atoms with Gasteiger partial charge in [0.1, 0.15) is 0 Å². The lowest BCUT2D eigenvalue weighted by Crippen LogP contribution is -2.12. The van der Waals surface area contributed by atoms with Gasteiger partial charge in [-0.25, -0.2) is 4.79 Å². The number of hydrogen-bond donors (Lipinski definition) is 0. The summed E-state index contributed by atoms with van der Waals surface area (Å²) in [6.45, 7) is 1.99. The molecule has 4 heteroatoms. The van der Waals surface area contributed by atoms with Gasteiger partial charge >= 0.3 is 5.97 Å². The molecule has 3 nitrogen and oxygen atoms in total. The first-order valence-corrected chi connectivity index (χ1v) is 7.69. The highest BCUT2D eigenvalue weighted by Crippen LogP contribution is 2.18. The molecule has 0 unspecified atom stereocenters. The van der Waals surface area contributed by atoms with E-state index >= 15 is 0 Å². The quantitative estimate of drug-likeness (QED) is 0.443. The number of benzene rings is 2. The summed E-state index contributed by atoms with van der Waals surface area (Å²) in [5, 5.41) is 0.566. The van der Waals surface area contributed by atoms with Crippen LogP contribution in [0.5, 0.6) is 0 Å². The number of esters is 1. The molecule has 0 N–H and O–H groups in total. The van der Waals surface area contributed by atoms with Gasteiger partial charge in [-0.2, -0.15) is 0 Å². The third kappa shape index (κ3) is 5.08. The maximum atomic E-state index is 12.3. The molecule has 0 aromatic heterocycles. The van der Waals surface area contributed by atoms with Crippen molar-refractivity contribution < 1.29 is 14.3 Å². The molecule has 0 aliphatic carbocycles. The second-order valence-corrected chi connectivity index (χ2v) is 5.35. The number of carbonyl (C=O) groups excluding carboxylic acids is 2. The lowest BCUT2D eigenvalue weighted by atomic mass is 10.0. The van der Waals surface area contributed by atoms with Crippen LogP contribution in [0.15, 0.2) is 60.2 Å². The molecule has 0 radical (unpaired) electrons. The van der Waals surface area contributed by atoms with Gasteiger partial charge in [0.15, 0.2) is 5.78 Å². The van der Waals surface area contributed by atoms with Crippen molar-refractivity contribution in [3.05, 3.63) is 76.3 Å². The Morgan fingerprint density at radius 1 is 1.09 bits per heavy atom. The summed E-state index contributed by atoms with van der Waals surface area (Å²) < 4.78 is 5.05. The highest BCUT2D eigenvalue weighted by Gasteiger charge is 2.16. The topological polar surface area (TPSA) is 43.4 Å². The van der Waals surface area contributed by atoms with Crippen molar-refractivity contribution in [3.8, 4) is 0 Å². The fourth-order valence-corrected chi connectivity index (χ4v) is 2.30. The zero-order valence-electron chi connectivity index (χ0n) is 12.8. The molecule has 0 aliphatic rings. The Bertz CT molecular complexity index is 720. The number of carbonyl (C=O) groups is 2. The number of Topliss-reactive ketones (excluding diaryl/α,β-unsaturated/α-hetero) is 1. The first kappa shape index (κ1) is 17.0. The van der Waals surface area contributed by atoms with Crippen LogP contribution in [0.3, 0.4) is 0 Å². The zero-order valence-corrected chi connectivity index (χ0v) is 13.5. The zero-order chi connectivity index (χ0) is 16.7. The van der Waals surface area contributed by atoms with E-state index in [1.807, 2.05) is 12.1 Å². The summed E-state index contributed by atoms with van der Waals surface area (Å²) in [5.41, 5.74) is 1.62. The largest absolute Gasteiger partial charge is 0.463 e. The summed E-state index contributed by atoms with van der Waals surface area (Å²) in [6.07, 6.45) is 1.63. The molecule has 0 saturated heterocycles.